The molecule has 0 fully saturated rings. The van der Waals surface area contributed by atoms with E-state index in [2.05, 4.69) is 62.0 Å². The van der Waals surface area contributed by atoms with E-state index in [1.165, 1.54) is 11.1 Å². The van der Waals surface area contributed by atoms with Crippen LogP contribution in [0.15, 0.2) is 35.7 Å². The first-order chi connectivity index (χ1) is 14.6. The highest BCUT2D eigenvalue weighted by atomic mass is 16.5. The van der Waals surface area contributed by atoms with Gasteiger partial charge in [-0.3, -0.25) is 9.67 Å². The number of guanidine groups is 1. The maximum Gasteiger partial charge on any atom is 0.191 e. The third-order valence-corrected chi connectivity index (χ3v) is 4.67. The number of anilines is 1. The molecule has 9 heteroatoms. The van der Waals surface area contributed by atoms with Crippen LogP contribution in [0.4, 0.5) is 5.82 Å². The van der Waals surface area contributed by atoms with Crippen LogP contribution in [-0.2, 0) is 13.5 Å². The summed E-state index contributed by atoms with van der Waals surface area (Å²) in [6, 6.07) is 6.22. The van der Waals surface area contributed by atoms with E-state index in [9.17, 15) is 0 Å². The van der Waals surface area contributed by atoms with E-state index < -0.39 is 0 Å². The van der Waals surface area contributed by atoms with Crippen LogP contribution in [0.1, 0.15) is 18.1 Å². The molecule has 0 aliphatic rings. The van der Waals surface area contributed by atoms with Crippen molar-refractivity contribution in [2.24, 2.45) is 12.0 Å². The molecule has 0 bridgehead atoms. The number of nitrogens with zero attached hydrogens (tertiary/aromatic N) is 5. The van der Waals surface area contributed by atoms with Crippen LogP contribution >= 0.6 is 0 Å². The fourth-order valence-corrected chi connectivity index (χ4v) is 3.20. The Morgan fingerprint density at radius 3 is 2.87 bits per heavy atom. The minimum absolute atomic E-state index is 0.671. The fourth-order valence-electron chi connectivity index (χ4n) is 3.20. The summed E-state index contributed by atoms with van der Waals surface area (Å²) >= 11 is 0. The Labute approximate surface area is 177 Å². The molecular formula is C21H30N8O. The van der Waals surface area contributed by atoms with Gasteiger partial charge in [-0.1, -0.05) is 17.7 Å². The molecule has 3 N–H and O–H groups in total. The monoisotopic (exact) mass is 410 g/mol. The molecular weight excluding hydrogens is 380 g/mol. The number of hydrogen-bond acceptors (Lipinski definition) is 6. The van der Waals surface area contributed by atoms with Crippen molar-refractivity contribution in [1.82, 2.24) is 30.4 Å². The van der Waals surface area contributed by atoms with Gasteiger partial charge in [-0.15, -0.1) is 0 Å². The first-order valence-corrected chi connectivity index (χ1v) is 10.1. The lowest BCUT2D eigenvalue weighted by molar-refractivity contribution is 0.409. The van der Waals surface area contributed by atoms with Crippen molar-refractivity contribution in [1.29, 1.82) is 0 Å². The number of methoxy groups -OCH3 is 1. The summed E-state index contributed by atoms with van der Waals surface area (Å²) in [5.41, 5.74) is 3.20. The summed E-state index contributed by atoms with van der Waals surface area (Å²) in [6.07, 6.45) is 4.14. The van der Waals surface area contributed by atoms with Crippen LogP contribution in [-0.4, -0.2) is 59.0 Å². The molecule has 1 aromatic carbocycles. The van der Waals surface area contributed by atoms with Crippen molar-refractivity contribution in [3.05, 3.63) is 41.9 Å². The van der Waals surface area contributed by atoms with E-state index in [1.807, 2.05) is 13.1 Å². The number of aliphatic imine (C=N–C) groups is 1. The molecule has 2 aromatic heterocycles. The van der Waals surface area contributed by atoms with Gasteiger partial charge in [0, 0.05) is 33.2 Å². The minimum atomic E-state index is 0.671. The molecule has 9 nitrogen and oxygen atoms in total. The molecule has 0 aliphatic heterocycles. The third kappa shape index (κ3) is 5.37. The Morgan fingerprint density at radius 2 is 2.07 bits per heavy atom. The molecule has 0 radical (unpaired) electrons. The smallest absolute Gasteiger partial charge is 0.191 e. The zero-order valence-corrected chi connectivity index (χ0v) is 18.1. The maximum absolute atomic E-state index is 5.45. The Balaban J connectivity index is 1.52. The second kappa shape index (κ2) is 10.4. The minimum Gasteiger partial charge on any atom is -0.496 e. The molecule has 0 atom stereocenters. The highest BCUT2D eigenvalue weighted by Crippen LogP contribution is 2.20. The SMILES string of the molecule is CCNC(=NCCc1cc(C)ccc1OC)NCCNc1ncnc2c1cnn2C. The van der Waals surface area contributed by atoms with Gasteiger partial charge in [-0.2, -0.15) is 5.10 Å². The van der Waals surface area contributed by atoms with Gasteiger partial charge < -0.3 is 20.7 Å². The first kappa shape index (κ1) is 21.4. The van der Waals surface area contributed by atoms with E-state index in [0.717, 1.165) is 41.5 Å². The summed E-state index contributed by atoms with van der Waals surface area (Å²) in [6.45, 7) is 7.00. The van der Waals surface area contributed by atoms with Gasteiger partial charge in [0.15, 0.2) is 11.6 Å². The van der Waals surface area contributed by atoms with Gasteiger partial charge >= 0.3 is 0 Å². The first-order valence-electron chi connectivity index (χ1n) is 10.1. The van der Waals surface area contributed by atoms with Crippen molar-refractivity contribution in [3.8, 4) is 5.75 Å². The van der Waals surface area contributed by atoms with Crippen LogP contribution < -0.4 is 20.7 Å². The third-order valence-electron chi connectivity index (χ3n) is 4.67. The number of hydrogen-bond donors (Lipinski definition) is 3. The molecule has 0 unspecified atom stereocenters. The van der Waals surface area contributed by atoms with E-state index in [-0.39, 0.29) is 0 Å². The number of aromatic nitrogens is 4. The largest absolute Gasteiger partial charge is 0.496 e. The van der Waals surface area contributed by atoms with Crippen molar-refractivity contribution >= 4 is 22.8 Å². The average Bonchev–Trinajstić information content (AvgIpc) is 3.13. The number of aryl methyl sites for hydroxylation is 2. The molecule has 0 amide bonds. The van der Waals surface area contributed by atoms with Crippen LogP contribution in [0.2, 0.25) is 0 Å². The summed E-state index contributed by atoms with van der Waals surface area (Å²) in [7, 11) is 3.57. The van der Waals surface area contributed by atoms with Crippen LogP contribution in [0, 0.1) is 6.92 Å². The molecule has 0 saturated heterocycles. The lowest BCUT2D eigenvalue weighted by atomic mass is 10.1. The molecule has 3 rings (SSSR count). The van der Waals surface area contributed by atoms with E-state index >= 15 is 0 Å². The predicted molar refractivity (Wildman–Crippen MR) is 120 cm³/mol. The second-order valence-electron chi connectivity index (χ2n) is 6.91. The number of fused-ring (bicyclic) bond motifs is 1. The number of rotatable bonds is 9. The van der Waals surface area contributed by atoms with Crippen molar-refractivity contribution in [2.45, 2.75) is 20.3 Å². The number of benzene rings is 1. The number of ether oxygens (including phenoxy) is 1. The van der Waals surface area contributed by atoms with Crippen LogP contribution in [0.25, 0.3) is 11.0 Å². The van der Waals surface area contributed by atoms with Crippen LogP contribution in [0.3, 0.4) is 0 Å². The van der Waals surface area contributed by atoms with Gasteiger partial charge in [0.25, 0.3) is 0 Å². The van der Waals surface area contributed by atoms with E-state index in [4.69, 9.17) is 4.74 Å². The van der Waals surface area contributed by atoms with Gasteiger partial charge in [-0.05, 0) is 31.9 Å². The number of nitrogens with one attached hydrogen (secondary N) is 3. The lowest BCUT2D eigenvalue weighted by Gasteiger charge is -2.13. The zero-order valence-electron chi connectivity index (χ0n) is 18.1. The summed E-state index contributed by atoms with van der Waals surface area (Å²) in [5, 5.41) is 15.1. The van der Waals surface area contributed by atoms with Gasteiger partial charge in [0.1, 0.15) is 17.9 Å². The van der Waals surface area contributed by atoms with Gasteiger partial charge in [0.2, 0.25) is 0 Å². The lowest BCUT2D eigenvalue weighted by Crippen LogP contribution is -2.39. The topological polar surface area (TPSA) is 101 Å². The Bertz CT molecular complexity index is 998. The zero-order chi connectivity index (χ0) is 21.3. The van der Waals surface area contributed by atoms with Crippen molar-refractivity contribution in [3.63, 3.8) is 0 Å². The van der Waals surface area contributed by atoms with Gasteiger partial charge in [0.05, 0.1) is 18.7 Å². The molecule has 0 aliphatic carbocycles. The molecule has 3 aromatic rings. The van der Waals surface area contributed by atoms with Gasteiger partial charge in [-0.25, -0.2) is 9.97 Å². The fraction of sp³-hybridized carbons (Fsp3) is 0.429. The Morgan fingerprint density at radius 1 is 1.20 bits per heavy atom. The molecule has 160 valence electrons. The Hall–Kier alpha value is -3.36. The molecule has 0 spiro atoms. The summed E-state index contributed by atoms with van der Waals surface area (Å²) < 4.78 is 7.19. The average molecular weight is 411 g/mol. The Kier molecular flexibility index (Phi) is 7.42. The van der Waals surface area contributed by atoms with Crippen molar-refractivity contribution in [2.75, 3.05) is 38.6 Å². The van der Waals surface area contributed by atoms with Crippen LogP contribution in [0.5, 0.6) is 5.75 Å². The molecule has 2 heterocycles. The standard InChI is InChI=1S/C21H30N8O/c1-5-22-21(24-9-8-16-12-15(2)6-7-18(16)30-4)25-11-10-23-19-17-13-28-29(3)20(17)27-14-26-19/h6-7,12-14H,5,8-11H2,1-4H3,(H2,22,24,25)(H,23,26,27). The highest BCUT2D eigenvalue weighted by molar-refractivity contribution is 5.86. The quantitative estimate of drug-likeness (QED) is 0.281. The summed E-state index contributed by atoms with van der Waals surface area (Å²) in [5.74, 6) is 2.48. The molecule has 30 heavy (non-hydrogen) atoms. The second-order valence-corrected chi connectivity index (χ2v) is 6.91. The summed E-state index contributed by atoms with van der Waals surface area (Å²) in [4.78, 5) is 13.3. The van der Waals surface area contributed by atoms with Crippen molar-refractivity contribution < 1.29 is 4.74 Å². The predicted octanol–water partition coefficient (Wildman–Crippen LogP) is 1.89. The normalized spacial score (nSPS) is 11.5. The van der Waals surface area contributed by atoms with E-state index in [0.29, 0.717) is 19.6 Å². The highest BCUT2D eigenvalue weighted by Gasteiger charge is 2.07. The molecule has 0 saturated carbocycles. The maximum atomic E-state index is 5.45. The van der Waals surface area contributed by atoms with E-state index in [1.54, 1.807) is 24.3 Å².